The van der Waals surface area contributed by atoms with Crippen LogP contribution in [0.4, 0.5) is 0 Å². The average Bonchev–Trinajstić information content (AvgIpc) is 2.94. The summed E-state index contributed by atoms with van der Waals surface area (Å²) in [6, 6.07) is 15.5. The number of para-hydroxylation sites is 1. The van der Waals surface area contributed by atoms with E-state index in [0.29, 0.717) is 18.1 Å². The molecule has 0 spiro atoms. The van der Waals surface area contributed by atoms with E-state index < -0.39 is 0 Å². The Morgan fingerprint density at radius 1 is 1.18 bits per heavy atom. The van der Waals surface area contributed by atoms with Crippen molar-refractivity contribution in [3.8, 4) is 11.3 Å². The molecule has 22 heavy (non-hydrogen) atoms. The van der Waals surface area contributed by atoms with Gasteiger partial charge in [-0.3, -0.25) is 0 Å². The number of rotatable bonds is 5. The Morgan fingerprint density at radius 2 is 2.00 bits per heavy atom. The van der Waals surface area contributed by atoms with E-state index in [1.165, 1.54) is 0 Å². The number of furan rings is 1. The largest absolute Gasteiger partial charge is 0.494 e. The fraction of sp³-hybridized carbons (Fsp3) is 0.158. The second-order valence-corrected chi connectivity index (χ2v) is 5.00. The van der Waals surface area contributed by atoms with Gasteiger partial charge in [0.05, 0.1) is 13.2 Å². The van der Waals surface area contributed by atoms with Crippen LogP contribution < -0.4 is 0 Å². The van der Waals surface area contributed by atoms with Crippen molar-refractivity contribution in [2.75, 3.05) is 6.61 Å². The molecule has 3 nitrogen and oxygen atoms in total. The summed E-state index contributed by atoms with van der Waals surface area (Å²) in [6.07, 6.45) is 0. The molecule has 2 aromatic carbocycles. The third kappa shape index (κ3) is 2.51. The van der Waals surface area contributed by atoms with E-state index in [-0.39, 0.29) is 6.61 Å². The van der Waals surface area contributed by atoms with Crippen molar-refractivity contribution in [2.24, 2.45) is 0 Å². The van der Waals surface area contributed by atoms with Crippen LogP contribution in [0.5, 0.6) is 0 Å². The van der Waals surface area contributed by atoms with Crippen LogP contribution in [0.3, 0.4) is 0 Å². The molecule has 0 aliphatic rings. The molecule has 3 heteroatoms. The van der Waals surface area contributed by atoms with Crippen molar-refractivity contribution in [3.05, 3.63) is 66.2 Å². The van der Waals surface area contributed by atoms with Crippen molar-refractivity contribution in [1.29, 1.82) is 0 Å². The van der Waals surface area contributed by atoms with E-state index in [4.69, 9.17) is 9.15 Å². The predicted molar refractivity (Wildman–Crippen MR) is 88.2 cm³/mol. The van der Waals surface area contributed by atoms with Crippen LogP contribution in [0.15, 0.2) is 59.5 Å². The standard InChI is InChI=1S/C19H18O3/c1-3-21-13(2)14-7-6-8-15(11-14)19-17(12-20)16-9-4-5-10-18(16)22-19/h4-11,20H,2-3,12H2,1H3. The Kier molecular flexibility index (Phi) is 3.98. The molecule has 0 aliphatic heterocycles. The minimum atomic E-state index is -0.0665. The molecule has 0 aliphatic carbocycles. The maximum Gasteiger partial charge on any atom is 0.140 e. The van der Waals surface area contributed by atoms with Gasteiger partial charge in [0.25, 0.3) is 0 Å². The van der Waals surface area contributed by atoms with Gasteiger partial charge in [0.2, 0.25) is 0 Å². The zero-order valence-corrected chi connectivity index (χ0v) is 12.5. The summed E-state index contributed by atoms with van der Waals surface area (Å²) in [4.78, 5) is 0. The Labute approximate surface area is 129 Å². The zero-order valence-electron chi connectivity index (χ0n) is 12.5. The van der Waals surface area contributed by atoms with Crippen LogP contribution in [0, 0.1) is 0 Å². The lowest BCUT2D eigenvalue weighted by Gasteiger charge is -2.08. The van der Waals surface area contributed by atoms with Crippen LogP contribution in [0.2, 0.25) is 0 Å². The number of aliphatic hydroxyl groups is 1. The molecule has 0 bridgehead atoms. The van der Waals surface area contributed by atoms with Crippen molar-refractivity contribution in [2.45, 2.75) is 13.5 Å². The SMILES string of the molecule is C=C(OCC)c1cccc(-c2oc3ccccc3c2CO)c1. The monoisotopic (exact) mass is 294 g/mol. The van der Waals surface area contributed by atoms with Crippen molar-refractivity contribution in [3.63, 3.8) is 0 Å². The topological polar surface area (TPSA) is 42.6 Å². The van der Waals surface area contributed by atoms with Gasteiger partial charge in [0, 0.05) is 22.1 Å². The zero-order chi connectivity index (χ0) is 15.5. The molecule has 3 aromatic rings. The second-order valence-electron chi connectivity index (χ2n) is 5.00. The Hall–Kier alpha value is -2.52. The highest BCUT2D eigenvalue weighted by Gasteiger charge is 2.15. The highest BCUT2D eigenvalue weighted by molar-refractivity contribution is 5.88. The number of hydrogen-bond donors (Lipinski definition) is 1. The third-order valence-corrected chi connectivity index (χ3v) is 3.62. The molecule has 0 saturated heterocycles. The van der Waals surface area contributed by atoms with Crippen LogP contribution >= 0.6 is 0 Å². The van der Waals surface area contributed by atoms with Crippen molar-refractivity contribution >= 4 is 16.7 Å². The van der Waals surface area contributed by atoms with E-state index in [9.17, 15) is 5.11 Å². The Bertz CT molecular complexity index is 814. The number of benzene rings is 2. The third-order valence-electron chi connectivity index (χ3n) is 3.62. The Morgan fingerprint density at radius 3 is 2.77 bits per heavy atom. The number of ether oxygens (including phenoxy) is 1. The number of hydrogen-bond acceptors (Lipinski definition) is 3. The molecule has 0 unspecified atom stereocenters. The maximum absolute atomic E-state index is 9.73. The fourth-order valence-corrected chi connectivity index (χ4v) is 2.58. The molecule has 1 heterocycles. The highest BCUT2D eigenvalue weighted by Crippen LogP contribution is 2.34. The smallest absolute Gasteiger partial charge is 0.140 e. The summed E-state index contributed by atoms with van der Waals surface area (Å²) >= 11 is 0. The normalized spacial score (nSPS) is 10.8. The van der Waals surface area contributed by atoms with Gasteiger partial charge < -0.3 is 14.3 Å². The van der Waals surface area contributed by atoms with Gasteiger partial charge in [-0.15, -0.1) is 0 Å². The van der Waals surface area contributed by atoms with Gasteiger partial charge in [-0.1, -0.05) is 43.0 Å². The van der Waals surface area contributed by atoms with Crippen LogP contribution in [-0.2, 0) is 11.3 Å². The Balaban J connectivity index is 2.11. The van der Waals surface area contributed by atoms with Crippen LogP contribution in [-0.4, -0.2) is 11.7 Å². The van der Waals surface area contributed by atoms with Gasteiger partial charge in [0.15, 0.2) is 0 Å². The van der Waals surface area contributed by atoms with Gasteiger partial charge in [-0.05, 0) is 19.1 Å². The number of aliphatic hydroxyl groups excluding tert-OH is 1. The minimum absolute atomic E-state index is 0.0665. The summed E-state index contributed by atoms with van der Waals surface area (Å²) in [7, 11) is 0. The first-order valence-electron chi connectivity index (χ1n) is 7.28. The average molecular weight is 294 g/mol. The molecule has 0 saturated carbocycles. The first kappa shape index (κ1) is 14.4. The van der Waals surface area contributed by atoms with Crippen molar-refractivity contribution < 1.29 is 14.3 Å². The van der Waals surface area contributed by atoms with Gasteiger partial charge in [-0.25, -0.2) is 0 Å². The van der Waals surface area contributed by atoms with E-state index >= 15 is 0 Å². The van der Waals surface area contributed by atoms with E-state index in [0.717, 1.165) is 27.7 Å². The first-order valence-corrected chi connectivity index (χ1v) is 7.28. The van der Waals surface area contributed by atoms with Gasteiger partial charge >= 0.3 is 0 Å². The lowest BCUT2D eigenvalue weighted by Crippen LogP contribution is -1.91. The van der Waals surface area contributed by atoms with Gasteiger partial charge in [-0.2, -0.15) is 0 Å². The highest BCUT2D eigenvalue weighted by atomic mass is 16.5. The quantitative estimate of drug-likeness (QED) is 0.699. The van der Waals surface area contributed by atoms with Crippen LogP contribution in [0.1, 0.15) is 18.1 Å². The van der Waals surface area contributed by atoms with Crippen LogP contribution in [0.25, 0.3) is 28.1 Å². The minimum Gasteiger partial charge on any atom is -0.494 e. The summed E-state index contributed by atoms with van der Waals surface area (Å²) < 4.78 is 11.4. The molecule has 1 N–H and O–H groups in total. The van der Waals surface area contributed by atoms with E-state index in [1.54, 1.807) is 0 Å². The summed E-state index contributed by atoms with van der Waals surface area (Å²) in [6.45, 7) is 6.37. The second kappa shape index (κ2) is 6.08. The van der Waals surface area contributed by atoms with E-state index in [2.05, 4.69) is 6.58 Å². The molecule has 3 rings (SSSR count). The molecule has 1 aromatic heterocycles. The number of fused-ring (bicyclic) bond motifs is 1. The summed E-state index contributed by atoms with van der Waals surface area (Å²) in [5.41, 5.74) is 3.38. The van der Waals surface area contributed by atoms with E-state index in [1.807, 2.05) is 55.5 Å². The summed E-state index contributed by atoms with van der Waals surface area (Å²) in [5.74, 6) is 1.32. The van der Waals surface area contributed by atoms with Gasteiger partial charge in [0.1, 0.15) is 17.1 Å². The molecular formula is C19H18O3. The van der Waals surface area contributed by atoms with Crippen molar-refractivity contribution in [1.82, 2.24) is 0 Å². The molecular weight excluding hydrogens is 276 g/mol. The molecule has 0 amide bonds. The molecule has 0 fully saturated rings. The fourth-order valence-electron chi connectivity index (χ4n) is 2.58. The first-order chi connectivity index (χ1) is 10.7. The lowest BCUT2D eigenvalue weighted by molar-refractivity contribution is 0.282. The molecule has 0 radical (unpaired) electrons. The molecule has 112 valence electrons. The maximum atomic E-state index is 9.73. The predicted octanol–water partition coefficient (Wildman–Crippen LogP) is 4.60. The summed E-state index contributed by atoms with van der Waals surface area (Å²) in [5, 5.41) is 10.7. The lowest BCUT2D eigenvalue weighted by atomic mass is 10.0. The molecule has 0 atom stereocenters.